The lowest BCUT2D eigenvalue weighted by Crippen LogP contribution is -2.28. The fraction of sp³-hybridized carbons (Fsp3) is 0.364. The summed E-state index contributed by atoms with van der Waals surface area (Å²) in [5.41, 5.74) is 1.45. The van der Waals surface area contributed by atoms with Crippen LogP contribution in [0, 0.1) is 5.82 Å². The van der Waals surface area contributed by atoms with Crippen LogP contribution in [0.5, 0.6) is 0 Å². The number of benzene rings is 1. The molecule has 0 aliphatic carbocycles. The standard InChI is InChI=1S/C11H15FN2O/c1-3-8-7-9(12)5-6-10(8)14-11(15)13-4-2/h5-7H,3-4H2,1-2H3,(H2,13,14,15). The minimum atomic E-state index is -0.284. The summed E-state index contributed by atoms with van der Waals surface area (Å²) in [5, 5.41) is 5.29. The molecule has 2 amide bonds. The predicted molar refractivity (Wildman–Crippen MR) is 58.5 cm³/mol. The van der Waals surface area contributed by atoms with Crippen LogP contribution in [0.2, 0.25) is 0 Å². The first-order valence-corrected chi connectivity index (χ1v) is 5.00. The summed E-state index contributed by atoms with van der Waals surface area (Å²) in [6.45, 7) is 4.32. The van der Waals surface area contributed by atoms with E-state index in [1.54, 1.807) is 6.07 Å². The molecule has 0 saturated heterocycles. The second-order valence-electron chi connectivity index (χ2n) is 3.14. The van der Waals surface area contributed by atoms with Crippen LogP contribution >= 0.6 is 0 Å². The topological polar surface area (TPSA) is 41.1 Å². The third kappa shape index (κ3) is 3.23. The highest BCUT2D eigenvalue weighted by Crippen LogP contribution is 2.17. The Morgan fingerprint density at radius 2 is 2.13 bits per heavy atom. The maximum absolute atomic E-state index is 12.9. The van der Waals surface area contributed by atoms with E-state index in [-0.39, 0.29) is 11.8 Å². The highest BCUT2D eigenvalue weighted by Gasteiger charge is 2.05. The molecule has 1 aromatic rings. The molecule has 3 nitrogen and oxygen atoms in total. The normalized spacial score (nSPS) is 9.80. The van der Waals surface area contributed by atoms with E-state index in [1.807, 2.05) is 13.8 Å². The summed E-state index contributed by atoms with van der Waals surface area (Å²) in [6, 6.07) is 4.07. The molecule has 1 rings (SSSR count). The van der Waals surface area contributed by atoms with Gasteiger partial charge in [-0.25, -0.2) is 9.18 Å². The Morgan fingerprint density at radius 1 is 1.40 bits per heavy atom. The lowest BCUT2D eigenvalue weighted by molar-refractivity contribution is 0.252. The van der Waals surface area contributed by atoms with E-state index in [2.05, 4.69) is 10.6 Å². The number of carbonyl (C=O) groups is 1. The van der Waals surface area contributed by atoms with E-state index in [9.17, 15) is 9.18 Å². The summed E-state index contributed by atoms with van der Waals surface area (Å²) in [5.74, 6) is -0.284. The first kappa shape index (κ1) is 11.5. The second-order valence-corrected chi connectivity index (χ2v) is 3.14. The van der Waals surface area contributed by atoms with E-state index in [0.717, 1.165) is 5.56 Å². The summed E-state index contributed by atoms with van der Waals surface area (Å²) < 4.78 is 12.9. The number of rotatable bonds is 3. The van der Waals surface area contributed by atoms with Gasteiger partial charge in [0.2, 0.25) is 0 Å². The van der Waals surface area contributed by atoms with Crippen molar-refractivity contribution in [2.75, 3.05) is 11.9 Å². The molecule has 0 unspecified atom stereocenters. The van der Waals surface area contributed by atoms with E-state index in [0.29, 0.717) is 18.7 Å². The molecule has 0 radical (unpaired) electrons. The van der Waals surface area contributed by atoms with Gasteiger partial charge in [-0.3, -0.25) is 0 Å². The predicted octanol–water partition coefficient (Wildman–Crippen LogP) is 2.53. The molecule has 15 heavy (non-hydrogen) atoms. The van der Waals surface area contributed by atoms with Crippen LogP contribution in [0.1, 0.15) is 19.4 Å². The number of hydrogen-bond acceptors (Lipinski definition) is 1. The molecule has 0 aromatic heterocycles. The molecule has 0 aliphatic rings. The van der Waals surface area contributed by atoms with Crippen molar-refractivity contribution in [2.24, 2.45) is 0 Å². The zero-order valence-electron chi connectivity index (χ0n) is 8.93. The molecular weight excluding hydrogens is 195 g/mol. The molecule has 0 aliphatic heterocycles. The van der Waals surface area contributed by atoms with Crippen molar-refractivity contribution in [3.63, 3.8) is 0 Å². The van der Waals surface area contributed by atoms with Gasteiger partial charge in [-0.1, -0.05) is 6.92 Å². The molecule has 0 spiro atoms. The Bertz CT molecular complexity index is 352. The van der Waals surface area contributed by atoms with Crippen molar-refractivity contribution in [3.05, 3.63) is 29.6 Å². The number of carbonyl (C=O) groups excluding carboxylic acids is 1. The Labute approximate surface area is 88.7 Å². The molecular formula is C11H15FN2O. The Hall–Kier alpha value is -1.58. The van der Waals surface area contributed by atoms with Crippen molar-refractivity contribution in [1.29, 1.82) is 0 Å². The van der Waals surface area contributed by atoms with E-state index in [1.165, 1.54) is 12.1 Å². The minimum Gasteiger partial charge on any atom is -0.338 e. The maximum Gasteiger partial charge on any atom is 0.319 e. The van der Waals surface area contributed by atoms with Gasteiger partial charge in [-0.05, 0) is 37.1 Å². The lowest BCUT2D eigenvalue weighted by atomic mass is 10.1. The maximum atomic E-state index is 12.9. The van der Waals surface area contributed by atoms with Crippen LogP contribution in [-0.4, -0.2) is 12.6 Å². The van der Waals surface area contributed by atoms with Crippen LogP contribution in [0.15, 0.2) is 18.2 Å². The molecule has 82 valence electrons. The summed E-state index contributed by atoms with van der Waals surface area (Å²) >= 11 is 0. The largest absolute Gasteiger partial charge is 0.338 e. The zero-order valence-corrected chi connectivity index (χ0v) is 8.93. The van der Waals surface area contributed by atoms with Crippen LogP contribution in [0.4, 0.5) is 14.9 Å². The average molecular weight is 210 g/mol. The van der Waals surface area contributed by atoms with E-state index < -0.39 is 0 Å². The highest BCUT2D eigenvalue weighted by molar-refractivity contribution is 5.90. The van der Waals surface area contributed by atoms with Gasteiger partial charge in [-0.15, -0.1) is 0 Å². The Morgan fingerprint density at radius 3 is 2.73 bits per heavy atom. The highest BCUT2D eigenvalue weighted by atomic mass is 19.1. The number of urea groups is 1. The van der Waals surface area contributed by atoms with Gasteiger partial charge in [-0.2, -0.15) is 0 Å². The molecule has 0 saturated carbocycles. The van der Waals surface area contributed by atoms with Crippen molar-refractivity contribution < 1.29 is 9.18 Å². The number of aryl methyl sites for hydroxylation is 1. The van der Waals surface area contributed by atoms with Gasteiger partial charge >= 0.3 is 6.03 Å². The van der Waals surface area contributed by atoms with E-state index in [4.69, 9.17) is 0 Å². The minimum absolute atomic E-state index is 0.265. The molecule has 0 fully saturated rings. The van der Waals surface area contributed by atoms with Crippen molar-refractivity contribution in [2.45, 2.75) is 20.3 Å². The molecule has 2 N–H and O–H groups in total. The monoisotopic (exact) mass is 210 g/mol. The van der Waals surface area contributed by atoms with Crippen LogP contribution in [-0.2, 0) is 6.42 Å². The average Bonchev–Trinajstić information content (AvgIpc) is 2.21. The summed E-state index contributed by atoms with van der Waals surface area (Å²) in [6.07, 6.45) is 0.680. The van der Waals surface area contributed by atoms with Crippen molar-refractivity contribution in [1.82, 2.24) is 5.32 Å². The van der Waals surface area contributed by atoms with Crippen LogP contribution < -0.4 is 10.6 Å². The quantitative estimate of drug-likeness (QED) is 0.790. The number of nitrogens with one attached hydrogen (secondary N) is 2. The van der Waals surface area contributed by atoms with Gasteiger partial charge in [0.15, 0.2) is 0 Å². The number of hydrogen-bond donors (Lipinski definition) is 2. The van der Waals surface area contributed by atoms with Gasteiger partial charge in [0, 0.05) is 12.2 Å². The fourth-order valence-electron chi connectivity index (χ4n) is 1.30. The number of halogens is 1. The first-order chi connectivity index (χ1) is 7.17. The molecule has 0 bridgehead atoms. The zero-order chi connectivity index (χ0) is 11.3. The van der Waals surface area contributed by atoms with Crippen molar-refractivity contribution in [3.8, 4) is 0 Å². The molecule has 0 heterocycles. The van der Waals surface area contributed by atoms with Crippen LogP contribution in [0.25, 0.3) is 0 Å². The Balaban J connectivity index is 2.80. The number of anilines is 1. The third-order valence-electron chi connectivity index (χ3n) is 2.03. The smallest absolute Gasteiger partial charge is 0.319 e. The molecule has 4 heteroatoms. The summed E-state index contributed by atoms with van der Waals surface area (Å²) in [7, 11) is 0. The molecule has 1 aromatic carbocycles. The third-order valence-corrected chi connectivity index (χ3v) is 2.03. The molecule has 0 atom stereocenters. The summed E-state index contributed by atoms with van der Waals surface area (Å²) in [4.78, 5) is 11.2. The number of amides is 2. The second kappa shape index (κ2) is 5.34. The van der Waals surface area contributed by atoms with Gasteiger partial charge in [0.05, 0.1) is 0 Å². The van der Waals surface area contributed by atoms with Crippen molar-refractivity contribution >= 4 is 11.7 Å². The van der Waals surface area contributed by atoms with E-state index >= 15 is 0 Å². The Kier molecular flexibility index (Phi) is 4.09. The fourth-order valence-corrected chi connectivity index (χ4v) is 1.30. The first-order valence-electron chi connectivity index (χ1n) is 5.00. The van der Waals surface area contributed by atoms with Gasteiger partial charge in [0.25, 0.3) is 0 Å². The van der Waals surface area contributed by atoms with Gasteiger partial charge < -0.3 is 10.6 Å². The lowest BCUT2D eigenvalue weighted by Gasteiger charge is -2.10. The van der Waals surface area contributed by atoms with Gasteiger partial charge in [0.1, 0.15) is 5.82 Å². The SMILES string of the molecule is CCNC(=O)Nc1ccc(F)cc1CC. The van der Waals surface area contributed by atoms with Crippen LogP contribution in [0.3, 0.4) is 0 Å².